The molecule has 29 heavy (non-hydrogen) atoms. The number of fused-ring (bicyclic) bond motifs is 1. The number of rotatable bonds is 5. The van der Waals surface area contributed by atoms with Gasteiger partial charge in [-0.1, -0.05) is 21.7 Å². The third-order valence-corrected chi connectivity index (χ3v) is 5.93. The Balaban J connectivity index is 1.37. The quantitative estimate of drug-likeness (QED) is 0.681. The van der Waals surface area contributed by atoms with Gasteiger partial charge in [0.1, 0.15) is 11.5 Å². The Kier molecular flexibility index (Phi) is 5.18. The van der Waals surface area contributed by atoms with E-state index in [0.717, 1.165) is 27.6 Å². The molecule has 0 aliphatic carbocycles. The highest BCUT2D eigenvalue weighted by atomic mass is 32.1. The normalized spacial score (nSPS) is 13.4. The number of hydrogen-bond donors (Lipinski definition) is 1. The maximum absolute atomic E-state index is 12.7. The molecular weight excluding hydrogens is 394 g/mol. The van der Waals surface area contributed by atoms with Crippen molar-refractivity contribution in [2.45, 2.75) is 46.6 Å². The van der Waals surface area contributed by atoms with Crippen LogP contribution >= 0.6 is 11.3 Å². The second kappa shape index (κ2) is 7.78. The molecule has 3 aromatic rings. The van der Waals surface area contributed by atoms with Crippen LogP contribution in [0.5, 0.6) is 0 Å². The molecule has 0 unspecified atom stereocenters. The minimum atomic E-state index is -0.361. The van der Waals surface area contributed by atoms with Crippen molar-refractivity contribution in [3.05, 3.63) is 45.1 Å². The molecule has 4 rings (SSSR count). The molecule has 0 saturated carbocycles. The maximum Gasteiger partial charge on any atom is 0.279 e. The van der Waals surface area contributed by atoms with Gasteiger partial charge in [0, 0.05) is 35.9 Å². The number of carbonyl (C=O) groups is 2. The summed E-state index contributed by atoms with van der Waals surface area (Å²) in [6, 6.07) is 1.57. The fourth-order valence-electron chi connectivity index (χ4n) is 3.35. The van der Waals surface area contributed by atoms with E-state index in [9.17, 15) is 9.59 Å². The molecule has 1 aliphatic heterocycles. The molecule has 152 valence electrons. The molecule has 1 N–H and O–H groups in total. The van der Waals surface area contributed by atoms with E-state index in [0.29, 0.717) is 43.2 Å². The van der Waals surface area contributed by atoms with Gasteiger partial charge in [-0.25, -0.2) is 4.98 Å². The molecule has 0 bridgehead atoms. The molecule has 4 heterocycles. The molecule has 0 aromatic carbocycles. The number of anilines is 1. The fourth-order valence-corrected chi connectivity index (χ4v) is 4.36. The molecule has 0 fully saturated rings. The SMILES string of the molecule is Cc1cc(C(=O)Nc2nc3c(s2)CN(C(=O)CCc2c(C)noc2C)CC3)no1. The monoisotopic (exact) mass is 415 g/mol. The van der Waals surface area contributed by atoms with E-state index in [1.165, 1.54) is 11.3 Å². The Morgan fingerprint density at radius 3 is 2.76 bits per heavy atom. The molecule has 1 aliphatic rings. The Morgan fingerprint density at radius 2 is 2.07 bits per heavy atom. The van der Waals surface area contributed by atoms with Crippen LogP contribution in [0.3, 0.4) is 0 Å². The number of hydrogen-bond acceptors (Lipinski definition) is 8. The highest BCUT2D eigenvalue weighted by Gasteiger charge is 2.25. The van der Waals surface area contributed by atoms with Crippen molar-refractivity contribution in [1.82, 2.24) is 20.2 Å². The number of aromatic nitrogens is 3. The molecule has 9 nitrogen and oxygen atoms in total. The first-order chi connectivity index (χ1) is 13.9. The summed E-state index contributed by atoms with van der Waals surface area (Å²) in [5, 5.41) is 10.9. The van der Waals surface area contributed by atoms with Gasteiger partial charge in [0.25, 0.3) is 5.91 Å². The first-order valence-electron chi connectivity index (χ1n) is 9.33. The summed E-state index contributed by atoms with van der Waals surface area (Å²) >= 11 is 1.39. The largest absolute Gasteiger partial charge is 0.361 e. The van der Waals surface area contributed by atoms with Gasteiger partial charge in [-0.05, 0) is 27.2 Å². The Hall–Kier alpha value is -3.01. The van der Waals surface area contributed by atoms with Crippen molar-refractivity contribution in [3.63, 3.8) is 0 Å². The van der Waals surface area contributed by atoms with E-state index >= 15 is 0 Å². The van der Waals surface area contributed by atoms with Crippen molar-refractivity contribution >= 4 is 28.3 Å². The lowest BCUT2D eigenvalue weighted by atomic mass is 10.1. The van der Waals surface area contributed by atoms with Gasteiger partial charge in [-0.2, -0.15) is 0 Å². The summed E-state index contributed by atoms with van der Waals surface area (Å²) in [4.78, 5) is 32.2. The second-order valence-electron chi connectivity index (χ2n) is 7.03. The van der Waals surface area contributed by atoms with Gasteiger partial charge in [-0.15, -0.1) is 0 Å². The summed E-state index contributed by atoms with van der Waals surface area (Å²) in [6.45, 7) is 6.60. The van der Waals surface area contributed by atoms with Gasteiger partial charge in [0.15, 0.2) is 10.8 Å². The Bertz CT molecular complexity index is 1050. The van der Waals surface area contributed by atoms with Crippen molar-refractivity contribution < 1.29 is 18.6 Å². The second-order valence-corrected chi connectivity index (χ2v) is 8.12. The van der Waals surface area contributed by atoms with Crippen molar-refractivity contribution in [3.8, 4) is 0 Å². The van der Waals surface area contributed by atoms with E-state index in [1.54, 1.807) is 13.0 Å². The van der Waals surface area contributed by atoms with Crippen LogP contribution in [0.15, 0.2) is 15.1 Å². The maximum atomic E-state index is 12.7. The van der Waals surface area contributed by atoms with Gasteiger partial charge in [0.2, 0.25) is 5.91 Å². The summed E-state index contributed by atoms with van der Waals surface area (Å²) in [7, 11) is 0. The number of nitrogens with zero attached hydrogens (tertiary/aromatic N) is 4. The molecule has 0 atom stereocenters. The molecule has 0 radical (unpaired) electrons. The first-order valence-corrected chi connectivity index (χ1v) is 10.1. The Labute approximate surface area is 171 Å². The standard InChI is InChI=1S/C19H21N5O4S/c1-10-8-15(23-27-10)18(26)21-19-20-14-6-7-24(9-16(14)29-19)17(25)5-4-13-11(2)22-28-12(13)3/h8H,4-7,9H2,1-3H3,(H,20,21,26). The highest BCUT2D eigenvalue weighted by Crippen LogP contribution is 2.29. The molecule has 2 amide bonds. The van der Waals surface area contributed by atoms with Crippen LogP contribution in [0, 0.1) is 20.8 Å². The van der Waals surface area contributed by atoms with Gasteiger partial charge in [0.05, 0.1) is 17.9 Å². The van der Waals surface area contributed by atoms with Crippen LogP contribution in [0.1, 0.15) is 50.3 Å². The zero-order valence-corrected chi connectivity index (χ0v) is 17.3. The zero-order valence-electron chi connectivity index (χ0n) is 16.4. The van der Waals surface area contributed by atoms with Crippen LogP contribution in [-0.2, 0) is 24.2 Å². The number of carbonyl (C=O) groups excluding carboxylic acids is 2. The van der Waals surface area contributed by atoms with E-state index in [-0.39, 0.29) is 17.5 Å². The summed E-state index contributed by atoms with van der Waals surface area (Å²) < 4.78 is 10.1. The minimum absolute atomic E-state index is 0.0905. The van der Waals surface area contributed by atoms with Gasteiger partial charge >= 0.3 is 0 Å². The van der Waals surface area contributed by atoms with Crippen LogP contribution < -0.4 is 5.32 Å². The molecule has 0 saturated heterocycles. The highest BCUT2D eigenvalue weighted by molar-refractivity contribution is 7.15. The van der Waals surface area contributed by atoms with Crippen molar-refractivity contribution in [2.75, 3.05) is 11.9 Å². The van der Waals surface area contributed by atoms with Crippen LogP contribution in [0.2, 0.25) is 0 Å². The number of thiazole rings is 1. The van der Waals surface area contributed by atoms with Crippen LogP contribution in [-0.4, -0.2) is 38.6 Å². The molecule has 0 spiro atoms. The zero-order chi connectivity index (χ0) is 20.5. The smallest absolute Gasteiger partial charge is 0.279 e. The Morgan fingerprint density at radius 1 is 1.24 bits per heavy atom. The summed E-state index contributed by atoms with van der Waals surface area (Å²) in [5.41, 5.74) is 2.98. The molecule has 10 heteroatoms. The van der Waals surface area contributed by atoms with Crippen molar-refractivity contribution in [1.29, 1.82) is 0 Å². The molecular formula is C19H21N5O4S. The number of nitrogens with one attached hydrogen (secondary N) is 1. The average Bonchev–Trinajstić information content (AvgIpc) is 3.38. The van der Waals surface area contributed by atoms with Crippen LogP contribution in [0.4, 0.5) is 5.13 Å². The third-order valence-electron chi connectivity index (χ3n) is 4.94. The summed E-state index contributed by atoms with van der Waals surface area (Å²) in [5.74, 6) is 1.06. The third kappa shape index (κ3) is 4.07. The minimum Gasteiger partial charge on any atom is -0.361 e. The fraction of sp³-hybridized carbons (Fsp3) is 0.421. The summed E-state index contributed by atoms with van der Waals surface area (Å²) in [6.07, 6.45) is 1.69. The van der Waals surface area contributed by atoms with Crippen molar-refractivity contribution in [2.24, 2.45) is 0 Å². The average molecular weight is 415 g/mol. The lowest BCUT2D eigenvalue weighted by Crippen LogP contribution is -2.35. The predicted octanol–water partition coefficient (Wildman–Crippen LogP) is 2.81. The van der Waals surface area contributed by atoms with E-state index in [4.69, 9.17) is 9.05 Å². The van der Waals surface area contributed by atoms with Gasteiger partial charge in [-0.3, -0.25) is 14.9 Å². The number of amides is 2. The lowest BCUT2D eigenvalue weighted by Gasteiger charge is -2.26. The lowest BCUT2D eigenvalue weighted by molar-refractivity contribution is -0.132. The van der Waals surface area contributed by atoms with Crippen LogP contribution in [0.25, 0.3) is 0 Å². The van der Waals surface area contributed by atoms with Gasteiger partial charge < -0.3 is 13.9 Å². The predicted molar refractivity (Wildman–Crippen MR) is 105 cm³/mol. The topological polar surface area (TPSA) is 114 Å². The van der Waals surface area contributed by atoms with E-state index < -0.39 is 0 Å². The first kappa shape index (κ1) is 19.3. The van der Waals surface area contributed by atoms with E-state index in [2.05, 4.69) is 20.6 Å². The number of aryl methyl sites for hydroxylation is 3. The molecule has 3 aromatic heterocycles. The van der Waals surface area contributed by atoms with E-state index in [1.807, 2.05) is 18.7 Å².